The number of hydrogen-bond acceptors (Lipinski definition) is 2. The van der Waals surface area contributed by atoms with Crippen LogP contribution in [-0.4, -0.2) is 24.1 Å². The van der Waals surface area contributed by atoms with E-state index in [0.717, 1.165) is 18.8 Å². The highest BCUT2D eigenvalue weighted by atomic mass is 32.1. The molecule has 0 radical (unpaired) electrons. The maximum Gasteiger partial charge on any atom is 0.171 e. The monoisotopic (exact) mass is 327 g/mol. The normalized spacial score (nSPS) is 10.7. The summed E-state index contributed by atoms with van der Waals surface area (Å²) in [6.07, 6.45) is 0. The second kappa shape index (κ2) is 8.09. The first-order chi connectivity index (χ1) is 10.9. The van der Waals surface area contributed by atoms with E-state index in [0.29, 0.717) is 5.11 Å². The number of benzene rings is 2. The minimum absolute atomic E-state index is 0.648. The fourth-order valence-electron chi connectivity index (χ4n) is 2.62. The molecule has 4 heteroatoms. The third-order valence-corrected chi connectivity index (χ3v) is 3.77. The van der Waals surface area contributed by atoms with E-state index in [1.807, 2.05) is 0 Å². The Morgan fingerprint density at radius 2 is 1.61 bits per heavy atom. The average molecular weight is 327 g/mol. The summed E-state index contributed by atoms with van der Waals surface area (Å²) in [6.45, 7) is 5.83. The Labute approximate surface area is 144 Å². The molecule has 0 spiro atoms. The maximum absolute atomic E-state index is 5.42. The average Bonchev–Trinajstić information content (AvgIpc) is 2.44. The van der Waals surface area contributed by atoms with Crippen LogP contribution in [0.25, 0.3) is 0 Å². The van der Waals surface area contributed by atoms with Gasteiger partial charge in [0.25, 0.3) is 0 Å². The summed E-state index contributed by atoms with van der Waals surface area (Å²) in [4.78, 5) is 2.17. The molecular weight excluding hydrogens is 302 g/mol. The molecular formula is C19H25N3S. The second-order valence-corrected chi connectivity index (χ2v) is 6.60. The summed E-state index contributed by atoms with van der Waals surface area (Å²) in [5.74, 6) is 0. The lowest BCUT2D eigenvalue weighted by Gasteiger charge is -2.16. The Kier molecular flexibility index (Phi) is 6.13. The molecule has 0 atom stereocenters. The van der Waals surface area contributed by atoms with Crippen LogP contribution in [0.1, 0.15) is 22.3 Å². The Hall–Kier alpha value is -1.91. The van der Waals surface area contributed by atoms with Crippen LogP contribution in [0.5, 0.6) is 0 Å². The van der Waals surface area contributed by atoms with E-state index in [9.17, 15) is 0 Å². The molecule has 2 aromatic carbocycles. The van der Waals surface area contributed by atoms with Gasteiger partial charge < -0.3 is 15.5 Å². The van der Waals surface area contributed by atoms with Crippen molar-refractivity contribution < 1.29 is 0 Å². The minimum atomic E-state index is 0.648. The van der Waals surface area contributed by atoms with E-state index in [-0.39, 0.29) is 0 Å². The number of nitrogens with zero attached hydrogens (tertiary/aromatic N) is 1. The first kappa shape index (κ1) is 17.4. The van der Waals surface area contributed by atoms with Crippen molar-refractivity contribution in [3.63, 3.8) is 0 Å². The molecule has 0 unspecified atom stereocenters. The fourth-order valence-corrected chi connectivity index (χ4v) is 2.81. The highest BCUT2D eigenvalue weighted by Crippen LogP contribution is 2.14. The van der Waals surface area contributed by atoms with Gasteiger partial charge in [-0.1, -0.05) is 30.3 Å². The SMILES string of the molecule is Cc1cc(C)cc(NC(=S)NCc2ccccc2CN(C)C)c1. The molecule has 122 valence electrons. The van der Waals surface area contributed by atoms with Gasteiger partial charge in [-0.3, -0.25) is 0 Å². The lowest BCUT2D eigenvalue weighted by Crippen LogP contribution is -2.28. The van der Waals surface area contributed by atoms with Crippen molar-refractivity contribution in [1.82, 2.24) is 10.2 Å². The van der Waals surface area contributed by atoms with Crippen LogP contribution in [0.4, 0.5) is 5.69 Å². The first-order valence-corrected chi connectivity index (χ1v) is 8.19. The zero-order valence-corrected chi connectivity index (χ0v) is 15.1. The lowest BCUT2D eigenvalue weighted by molar-refractivity contribution is 0.401. The van der Waals surface area contributed by atoms with Gasteiger partial charge >= 0.3 is 0 Å². The van der Waals surface area contributed by atoms with Gasteiger partial charge in [-0.15, -0.1) is 0 Å². The van der Waals surface area contributed by atoms with Crippen LogP contribution >= 0.6 is 12.2 Å². The molecule has 0 aliphatic rings. The van der Waals surface area contributed by atoms with E-state index >= 15 is 0 Å². The molecule has 0 heterocycles. The Balaban J connectivity index is 1.97. The van der Waals surface area contributed by atoms with Crippen LogP contribution in [0.2, 0.25) is 0 Å². The number of thiocarbonyl (C=S) groups is 1. The zero-order valence-electron chi connectivity index (χ0n) is 14.3. The first-order valence-electron chi connectivity index (χ1n) is 7.78. The van der Waals surface area contributed by atoms with Crippen molar-refractivity contribution in [3.05, 3.63) is 64.7 Å². The summed E-state index contributed by atoms with van der Waals surface area (Å²) >= 11 is 5.42. The number of rotatable bonds is 5. The van der Waals surface area contributed by atoms with Crippen molar-refractivity contribution in [2.24, 2.45) is 0 Å². The molecule has 0 aromatic heterocycles. The van der Waals surface area contributed by atoms with Gasteiger partial charge in [0.05, 0.1) is 0 Å². The predicted molar refractivity (Wildman–Crippen MR) is 103 cm³/mol. The quantitative estimate of drug-likeness (QED) is 0.816. The smallest absolute Gasteiger partial charge is 0.171 e. The summed E-state index contributed by atoms with van der Waals surface area (Å²) in [6, 6.07) is 14.8. The van der Waals surface area contributed by atoms with Gasteiger partial charge in [0.2, 0.25) is 0 Å². The molecule has 2 N–H and O–H groups in total. The van der Waals surface area contributed by atoms with Crippen molar-refractivity contribution in [2.45, 2.75) is 26.9 Å². The van der Waals surface area contributed by atoms with Crippen LogP contribution < -0.4 is 10.6 Å². The second-order valence-electron chi connectivity index (χ2n) is 6.19. The van der Waals surface area contributed by atoms with E-state index in [4.69, 9.17) is 12.2 Å². The number of hydrogen-bond donors (Lipinski definition) is 2. The van der Waals surface area contributed by atoms with E-state index < -0.39 is 0 Å². The third-order valence-electron chi connectivity index (χ3n) is 3.52. The van der Waals surface area contributed by atoms with Crippen LogP contribution in [0, 0.1) is 13.8 Å². The molecule has 3 nitrogen and oxygen atoms in total. The molecule has 0 aliphatic heterocycles. The molecule has 0 aliphatic carbocycles. The predicted octanol–water partition coefficient (Wildman–Crippen LogP) is 3.85. The van der Waals surface area contributed by atoms with Gasteiger partial charge in [0.15, 0.2) is 5.11 Å². The summed E-state index contributed by atoms with van der Waals surface area (Å²) in [7, 11) is 4.16. The Morgan fingerprint density at radius 1 is 1.00 bits per heavy atom. The van der Waals surface area contributed by atoms with Gasteiger partial charge in [-0.25, -0.2) is 0 Å². The highest BCUT2D eigenvalue weighted by Gasteiger charge is 2.04. The standard InChI is InChI=1S/C19H25N3S/c1-14-9-15(2)11-18(10-14)21-19(23)20-12-16-7-5-6-8-17(16)13-22(3)4/h5-11H,12-13H2,1-4H3,(H2,20,21,23). The number of aryl methyl sites for hydroxylation is 2. The summed E-state index contributed by atoms with van der Waals surface area (Å²) < 4.78 is 0. The molecule has 0 saturated heterocycles. The van der Waals surface area contributed by atoms with Crippen molar-refractivity contribution in [1.29, 1.82) is 0 Å². The number of anilines is 1. The van der Waals surface area contributed by atoms with Crippen molar-refractivity contribution in [2.75, 3.05) is 19.4 Å². The minimum Gasteiger partial charge on any atom is -0.358 e. The molecule has 0 amide bonds. The third kappa shape index (κ3) is 5.66. The van der Waals surface area contributed by atoms with E-state index in [2.05, 4.69) is 85.9 Å². The van der Waals surface area contributed by atoms with Gasteiger partial charge in [-0.05, 0) is 74.5 Å². The van der Waals surface area contributed by atoms with Crippen molar-refractivity contribution >= 4 is 23.0 Å². The molecule has 0 fully saturated rings. The molecule has 23 heavy (non-hydrogen) atoms. The fraction of sp³-hybridized carbons (Fsp3) is 0.316. The zero-order chi connectivity index (χ0) is 16.8. The number of nitrogens with one attached hydrogen (secondary N) is 2. The maximum atomic E-state index is 5.42. The summed E-state index contributed by atoms with van der Waals surface area (Å²) in [5, 5.41) is 7.21. The molecule has 2 rings (SSSR count). The van der Waals surface area contributed by atoms with Gasteiger partial charge in [0.1, 0.15) is 0 Å². The van der Waals surface area contributed by atoms with Gasteiger partial charge in [0, 0.05) is 18.8 Å². The summed E-state index contributed by atoms with van der Waals surface area (Å²) in [5.41, 5.74) is 6.07. The Morgan fingerprint density at radius 3 is 2.22 bits per heavy atom. The topological polar surface area (TPSA) is 27.3 Å². The lowest BCUT2D eigenvalue weighted by atomic mass is 10.1. The highest BCUT2D eigenvalue weighted by molar-refractivity contribution is 7.80. The largest absolute Gasteiger partial charge is 0.358 e. The van der Waals surface area contributed by atoms with Gasteiger partial charge in [-0.2, -0.15) is 0 Å². The van der Waals surface area contributed by atoms with Crippen molar-refractivity contribution in [3.8, 4) is 0 Å². The molecule has 0 saturated carbocycles. The van der Waals surface area contributed by atoms with E-state index in [1.165, 1.54) is 22.3 Å². The van der Waals surface area contributed by atoms with E-state index in [1.54, 1.807) is 0 Å². The van der Waals surface area contributed by atoms with Crippen LogP contribution in [0.15, 0.2) is 42.5 Å². The van der Waals surface area contributed by atoms with Crippen LogP contribution in [0.3, 0.4) is 0 Å². The van der Waals surface area contributed by atoms with Crippen LogP contribution in [-0.2, 0) is 13.1 Å². The molecule has 2 aromatic rings. The molecule has 0 bridgehead atoms. The Bertz CT molecular complexity index is 660.